The van der Waals surface area contributed by atoms with Gasteiger partial charge in [0.2, 0.25) is 5.91 Å². The molecule has 0 unspecified atom stereocenters. The number of anilines is 1. The van der Waals surface area contributed by atoms with Gasteiger partial charge in [-0.2, -0.15) is 0 Å². The van der Waals surface area contributed by atoms with Crippen molar-refractivity contribution in [1.82, 2.24) is 4.90 Å². The van der Waals surface area contributed by atoms with Crippen LogP contribution in [0.2, 0.25) is 0 Å². The number of thiophene rings is 1. The van der Waals surface area contributed by atoms with Crippen LogP contribution < -0.4 is 5.32 Å². The Morgan fingerprint density at radius 3 is 2.61 bits per heavy atom. The second-order valence-corrected chi connectivity index (χ2v) is 6.25. The third-order valence-electron chi connectivity index (χ3n) is 3.34. The van der Waals surface area contributed by atoms with Crippen molar-refractivity contribution in [3.8, 4) is 0 Å². The Morgan fingerprint density at radius 2 is 1.91 bits per heavy atom. The van der Waals surface area contributed by atoms with Crippen LogP contribution in [0, 0.1) is 0 Å². The summed E-state index contributed by atoms with van der Waals surface area (Å²) in [6.07, 6.45) is 1.66. The molecule has 3 rings (SSSR count). The summed E-state index contributed by atoms with van der Waals surface area (Å²) in [7, 11) is 0. The van der Waals surface area contributed by atoms with Gasteiger partial charge in [-0.15, -0.1) is 11.3 Å². The number of hydrogen-bond donors (Lipinski definition) is 1. The first-order valence-corrected chi connectivity index (χ1v) is 8.29. The van der Waals surface area contributed by atoms with E-state index in [9.17, 15) is 4.79 Å². The number of carbonyl (C=O) groups is 1. The average molecular weight is 326 g/mol. The molecule has 4 nitrogen and oxygen atoms in total. The molecule has 1 N–H and O–H groups in total. The summed E-state index contributed by atoms with van der Waals surface area (Å²) in [6.45, 7) is 1.64. The molecule has 0 bridgehead atoms. The van der Waals surface area contributed by atoms with Gasteiger partial charge in [0.05, 0.1) is 19.4 Å². The van der Waals surface area contributed by atoms with Crippen LogP contribution in [0.15, 0.2) is 70.7 Å². The zero-order valence-corrected chi connectivity index (χ0v) is 13.5. The summed E-state index contributed by atoms with van der Waals surface area (Å²) in [5.41, 5.74) is 0.812. The number of furan rings is 1. The van der Waals surface area contributed by atoms with Gasteiger partial charge in [-0.3, -0.25) is 9.69 Å². The molecule has 0 aliphatic rings. The van der Waals surface area contributed by atoms with Crippen molar-refractivity contribution in [3.05, 3.63) is 76.9 Å². The molecule has 0 aliphatic heterocycles. The Kier molecular flexibility index (Phi) is 5.24. The Balaban J connectivity index is 1.63. The van der Waals surface area contributed by atoms with Crippen molar-refractivity contribution in [1.29, 1.82) is 0 Å². The Bertz CT molecular complexity index is 673. The minimum Gasteiger partial charge on any atom is -0.468 e. The minimum absolute atomic E-state index is 0.0284. The van der Waals surface area contributed by atoms with Crippen molar-refractivity contribution in [3.63, 3.8) is 0 Å². The highest BCUT2D eigenvalue weighted by atomic mass is 32.1. The van der Waals surface area contributed by atoms with Crippen LogP contribution in [0.3, 0.4) is 0 Å². The maximum Gasteiger partial charge on any atom is 0.238 e. The van der Waals surface area contributed by atoms with Gasteiger partial charge in [0.1, 0.15) is 5.76 Å². The van der Waals surface area contributed by atoms with Gasteiger partial charge in [-0.1, -0.05) is 24.3 Å². The molecule has 3 aromatic rings. The smallest absolute Gasteiger partial charge is 0.238 e. The molecular formula is C18H18N2O2S. The molecule has 0 saturated heterocycles. The number of benzene rings is 1. The summed E-state index contributed by atoms with van der Waals surface area (Å²) in [5.74, 6) is 0.827. The van der Waals surface area contributed by atoms with E-state index in [1.54, 1.807) is 17.6 Å². The first kappa shape index (κ1) is 15.5. The maximum atomic E-state index is 12.3. The molecule has 5 heteroatoms. The molecule has 0 aliphatic carbocycles. The summed E-state index contributed by atoms with van der Waals surface area (Å²) >= 11 is 1.69. The summed E-state index contributed by atoms with van der Waals surface area (Å²) < 4.78 is 5.41. The predicted octanol–water partition coefficient (Wildman–Crippen LogP) is 3.98. The zero-order chi connectivity index (χ0) is 15.9. The molecule has 1 aromatic carbocycles. The molecule has 1 amide bonds. The highest BCUT2D eigenvalue weighted by molar-refractivity contribution is 7.09. The number of hydrogen-bond acceptors (Lipinski definition) is 4. The molecule has 0 atom stereocenters. The van der Waals surface area contributed by atoms with Crippen LogP contribution in [-0.2, 0) is 17.9 Å². The predicted molar refractivity (Wildman–Crippen MR) is 92.2 cm³/mol. The summed E-state index contributed by atoms with van der Waals surface area (Å²) in [6, 6.07) is 17.4. The first-order valence-electron chi connectivity index (χ1n) is 7.41. The van der Waals surface area contributed by atoms with Gasteiger partial charge in [0, 0.05) is 17.1 Å². The summed E-state index contributed by atoms with van der Waals surface area (Å²) in [5, 5.41) is 4.97. The fraction of sp³-hybridized carbons (Fsp3) is 0.167. The van der Waals surface area contributed by atoms with Crippen molar-refractivity contribution in [2.24, 2.45) is 0 Å². The number of nitrogens with zero attached hydrogens (tertiary/aromatic N) is 1. The van der Waals surface area contributed by atoms with Crippen molar-refractivity contribution < 1.29 is 9.21 Å². The number of para-hydroxylation sites is 1. The molecule has 0 spiro atoms. The summed E-state index contributed by atoms with van der Waals surface area (Å²) in [4.78, 5) is 15.6. The second kappa shape index (κ2) is 7.76. The second-order valence-electron chi connectivity index (χ2n) is 5.22. The molecule has 2 heterocycles. The van der Waals surface area contributed by atoms with E-state index in [1.165, 1.54) is 4.88 Å². The van der Waals surface area contributed by atoms with Gasteiger partial charge in [0.25, 0.3) is 0 Å². The largest absolute Gasteiger partial charge is 0.468 e. The Labute approximate surface area is 139 Å². The van der Waals surface area contributed by atoms with E-state index in [1.807, 2.05) is 53.9 Å². The lowest BCUT2D eigenvalue weighted by molar-refractivity contribution is -0.117. The molecule has 0 fully saturated rings. The van der Waals surface area contributed by atoms with Crippen molar-refractivity contribution >= 4 is 22.9 Å². The third-order valence-corrected chi connectivity index (χ3v) is 4.20. The van der Waals surface area contributed by atoms with Crippen molar-refractivity contribution in [2.75, 3.05) is 11.9 Å². The van der Waals surface area contributed by atoms with Crippen LogP contribution in [0.25, 0.3) is 0 Å². The highest BCUT2D eigenvalue weighted by Crippen LogP contribution is 2.15. The Hall–Kier alpha value is -2.37. The van der Waals surface area contributed by atoms with Gasteiger partial charge in [0.15, 0.2) is 0 Å². The number of nitrogens with one attached hydrogen (secondary N) is 1. The lowest BCUT2D eigenvalue weighted by atomic mass is 10.3. The Morgan fingerprint density at radius 1 is 1.04 bits per heavy atom. The van der Waals surface area contributed by atoms with E-state index < -0.39 is 0 Å². The van der Waals surface area contributed by atoms with E-state index in [0.29, 0.717) is 13.1 Å². The van der Waals surface area contributed by atoms with E-state index in [4.69, 9.17) is 4.42 Å². The average Bonchev–Trinajstić information content (AvgIpc) is 3.22. The topological polar surface area (TPSA) is 45.5 Å². The molecule has 0 radical (unpaired) electrons. The fourth-order valence-corrected chi connectivity index (χ4v) is 3.08. The van der Waals surface area contributed by atoms with Crippen LogP contribution in [0.4, 0.5) is 5.69 Å². The normalized spacial score (nSPS) is 10.8. The molecule has 0 saturated carbocycles. The quantitative estimate of drug-likeness (QED) is 0.714. The van der Waals surface area contributed by atoms with Crippen molar-refractivity contribution in [2.45, 2.75) is 13.1 Å². The standard InChI is InChI=1S/C18H18N2O2S/c21-18(19-15-6-2-1-3-7-15)14-20(12-16-8-4-10-22-16)13-17-9-5-11-23-17/h1-11H,12-14H2,(H,19,21). The molecule has 2 aromatic heterocycles. The van der Waals surface area contributed by atoms with Crippen LogP contribution in [-0.4, -0.2) is 17.4 Å². The van der Waals surface area contributed by atoms with Gasteiger partial charge < -0.3 is 9.73 Å². The van der Waals surface area contributed by atoms with E-state index >= 15 is 0 Å². The molecule has 118 valence electrons. The van der Waals surface area contributed by atoms with E-state index in [2.05, 4.69) is 16.3 Å². The van der Waals surface area contributed by atoms with Gasteiger partial charge in [-0.25, -0.2) is 0 Å². The third kappa shape index (κ3) is 4.81. The number of carbonyl (C=O) groups excluding carboxylic acids is 1. The lowest BCUT2D eigenvalue weighted by Crippen LogP contribution is -2.32. The lowest BCUT2D eigenvalue weighted by Gasteiger charge is -2.20. The maximum absolute atomic E-state index is 12.3. The van der Waals surface area contributed by atoms with E-state index in [0.717, 1.165) is 18.0 Å². The first-order chi connectivity index (χ1) is 11.3. The van der Waals surface area contributed by atoms with Gasteiger partial charge in [-0.05, 0) is 35.7 Å². The zero-order valence-electron chi connectivity index (χ0n) is 12.6. The minimum atomic E-state index is -0.0284. The number of amides is 1. The molecule has 23 heavy (non-hydrogen) atoms. The fourth-order valence-electron chi connectivity index (χ4n) is 2.34. The number of rotatable bonds is 7. The molecular weight excluding hydrogens is 308 g/mol. The van der Waals surface area contributed by atoms with Crippen LogP contribution >= 0.6 is 11.3 Å². The van der Waals surface area contributed by atoms with Gasteiger partial charge >= 0.3 is 0 Å². The van der Waals surface area contributed by atoms with Crippen LogP contribution in [0.1, 0.15) is 10.6 Å². The highest BCUT2D eigenvalue weighted by Gasteiger charge is 2.14. The SMILES string of the molecule is O=C(CN(Cc1ccco1)Cc1cccs1)Nc1ccccc1. The van der Waals surface area contributed by atoms with E-state index in [-0.39, 0.29) is 5.91 Å². The monoisotopic (exact) mass is 326 g/mol. The van der Waals surface area contributed by atoms with Crippen LogP contribution in [0.5, 0.6) is 0 Å².